The van der Waals surface area contributed by atoms with Crippen molar-refractivity contribution in [3.63, 3.8) is 0 Å². The van der Waals surface area contributed by atoms with Crippen LogP contribution in [0.2, 0.25) is 0 Å². The van der Waals surface area contributed by atoms with Crippen molar-refractivity contribution in [2.24, 2.45) is 11.7 Å². The van der Waals surface area contributed by atoms with Gasteiger partial charge in [-0.2, -0.15) is 0 Å². The van der Waals surface area contributed by atoms with Gasteiger partial charge in [0.25, 0.3) is 0 Å². The van der Waals surface area contributed by atoms with Gasteiger partial charge in [-0.05, 0) is 38.6 Å². The van der Waals surface area contributed by atoms with Gasteiger partial charge in [0.15, 0.2) is 0 Å². The minimum absolute atomic E-state index is 0.292. The van der Waals surface area contributed by atoms with E-state index in [1.54, 1.807) is 0 Å². The molecule has 1 amide bonds. The molecular weight excluding hydrogens is 240 g/mol. The molecule has 112 valence electrons. The standard InChI is InChI=1S/C15H30N2O2/c1-4-9-17-15(3,14(16)18)11-19-13-8-6-7-12(5-2)10-13/h12-13,17H,4-11H2,1-3H3,(H2,16,18). The molecule has 0 aromatic rings. The van der Waals surface area contributed by atoms with Gasteiger partial charge in [-0.3, -0.25) is 4.79 Å². The molecule has 4 nitrogen and oxygen atoms in total. The van der Waals surface area contributed by atoms with Crippen LogP contribution in [0.25, 0.3) is 0 Å². The predicted molar refractivity (Wildman–Crippen MR) is 77.9 cm³/mol. The van der Waals surface area contributed by atoms with Crippen molar-refractivity contribution >= 4 is 5.91 Å². The Balaban J connectivity index is 2.44. The molecule has 0 saturated heterocycles. The van der Waals surface area contributed by atoms with E-state index in [1.165, 1.54) is 19.3 Å². The van der Waals surface area contributed by atoms with E-state index in [4.69, 9.17) is 10.5 Å². The number of primary amides is 1. The highest BCUT2D eigenvalue weighted by Gasteiger charge is 2.32. The molecule has 1 aliphatic rings. The average molecular weight is 270 g/mol. The van der Waals surface area contributed by atoms with Crippen LogP contribution in [-0.2, 0) is 9.53 Å². The highest BCUT2D eigenvalue weighted by atomic mass is 16.5. The fourth-order valence-electron chi connectivity index (χ4n) is 2.66. The summed E-state index contributed by atoms with van der Waals surface area (Å²) in [6.07, 6.45) is 7.28. The SMILES string of the molecule is CCCNC(C)(COC1CCCC(CC)C1)C(N)=O. The first-order valence-corrected chi connectivity index (χ1v) is 7.68. The third-order valence-electron chi connectivity index (χ3n) is 4.23. The molecule has 3 N–H and O–H groups in total. The Bertz CT molecular complexity index is 283. The number of nitrogens with one attached hydrogen (secondary N) is 1. The Hall–Kier alpha value is -0.610. The van der Waals surface area contributed by atoms with E-state index >= 15 is 0 Å². The third kappa shape index (κ3) is 5.11. The molecule has 19 heavy (non-hydrogen) atoms. The van der Waals surface area contributed by atoms with Crippen molar-refractivity contribution in [3.8, 4) is 0 Å². The highest BCUT2D eigenvalue weighted by molar-refractivity contribution is 5.84. The molecule has 1 saturated carbocycles. The maximum atomic E-state index is 11.6. The van der Waals surface area contributed by atoms with Crippen molar-refractivity contribution in [1.29, 1.82) is 0 Å². The van der Waals surface area contributed by atoms with Crippen LogP contribution in [0.15, 0.2) is 0 Å². The lowest BCUT2D eigenvalue weighted by atomic mass is 9.85. The molecule has 0 aromatic heterocycles. The number of amides is 1. The number of ether oxygens (including phenoxy) is 1. The van der Waals surface area contributed by atoms with Crippen LogP contribution in [0.1, 0.15) is 59.3 Å². The molecule has 0 bridgehead atoms. The number of hydrogen-bond acceptors (Lipinski definition) is 3. The second-order valence-electron chi connectivity index (χ2n) is 6.00. The zero-order chi connectivity index (χ0) is 14.3. The second-order valence-corrected chi connectivity index (χ2v) is 6.00. The monoisotopic (exact) mass is 270 g/mol. The number of hydrogen-bond donors (Lipinski definition) is 2. The molecule has 4 heteroatoms. The van der Waals surface area contributed by atoms with Crippen LogP contribution in [0.3, 0.4) is 0 Å². The van der Waals surface area contributed by atoms with Gasteiger partial charge in [0.05, 0.1) is 12.7 Å². The number of carbonyl (C=O) groups excluding carboxylic acids is 1. The van der Waals surface area contributed by atoms with E-state index in [-0.39, 0.29) is 5.91 Å². The molecule has 1 rings (SSSR count). The topological polar surface area (TPSA) is 64.3 Å². The maximum Gasteiger partial charge on any atom is 0.239 e. The van der Waals surface area contributed by atoms with Gasteiger partial charge in [-0.25, -0.2) is 0 Å². The van der Waals surface area contributed by atoms with Gasteiger partial charge in [-0.15, -0.1) is 0 Å². The van der Waals surface area contributed by atoms with Crippen molar-refractivity contribution < 1.29 is 9.53 Å². The molecule has 0 spiro atoms. The summed E-state index contributed by atoms with van der Waals surface area (Å²) < 4.78 is 5.98. The Morgan fingerprint density at radius 3 is 2.74 bits per heavy atom. The van der Waals surface area contributed by atoms with Crippen LogP contribution in [-0.4, -0.2) is 30.7 Å². The molecule has 0 radical (unpaired) electrons. The van der Waals surface area contributed by atoms with Crippen molar-refractivity contribution in [2.45, 2.75) is 70.9 Å². The lowest BCUT2D eigenvalue weighted by molar-refractivity contribution is -0.128. The van der Waals surface area contributed by atoms with Gasteiger partial charge >= 0.3 is 0 Å². The van der Waals surface area contributed by atoms with E-state index in [0.29, 0.717) is 12.7 Å². The molecule has 0 aromatic carbocycles. The smallest absolute Gasteiger partial charge is 0.239 e. The zero-order valence-electron chi connectivity index (χ0n) is 12.7. The first-order chi connectivity index (χ1) is 9.01. The average Bonchev–Trinajstić information content (AvgIpc) is 2.43. The van der Waals surface area contributed by atoms with Crippen molar-refractivity contribution in [2.75, 3.05) is 13.2 Å². The van der Waals surface area contributed by atoms with Crippen LogP contribution in [0.5, 0.6) is 0 Å². The number of carbonyl (C=O) groups is 1. The van der Waals surface area contributed by atoms with E-state index in [9.17, 15) is 4.79 Å². The highest BCUT2D eigenvalue weighted by Crippen LogP contribution is 2.28. The summed E-state index contributed by atoms with van der Waals surface area (Å²) in [7, 11) is 0. The molecule has 0 aliphatic heterocycles. The third-order valence-corrected chi connectivity index (χ3v) is 4.23. The molecule has 3 atom stereocenters. The lowest BCUT2D eigenvalue weighted by Crippen LogP contribution is -2.57. The Morgan fingerprint density at radius 1 is 1.42 bits per heavy atom. The maximum absolute atomic E-state index is 11.6. The predicted octanol–water partition coefficient (Wildman–Crippen LogP) is 2.22. The molecule has 0 heterocycles. The van der Waals surface area contributed by atoms with E-state index < -0.39 is 5.54 Å². The fraction of sp³-hybridized carbons (Fsp3) is 0.933. The quantitative estimate of drug-likeness (QED) is 0.711. The summed E-state index contributed by atoms with van der Waals surface area (Å²) >= 11 is 0. The van der Waals surface area contributed by atoms with Gasteiger partial charge < -0.3 is 15.8 Å². The van der Waals surface area contributed by atoms with Crippen LogP contribution in [0, 0.1) is 5.92 Å². The van der Waals surface area contributed by atoms with E-state index in [0.717, 1.165) is 31.7 Å². The first kappa shape index (κ1) is 16.4. The van der Waals surface area contributed by atoms with Gasteiger partial charge in [0.2, 0.25) is 5.91 Å². The second kappa shape index (κ2) is 7.85. The van der Waals surface area contributed by atoms with E-state index in [1.807, 2.05) is 6.92 Å². The Labute approximate surface area is 117 Å². The summed E-state index contributed by atoms with van der Waals surface area (Å²) in [5.74, 6) is 0.450. The summed E-state index contributed by atoms with van der Waals surface area (Å²) in [5.41, 5.74) is 4.76. The molecule has 1 fully saturated rings. The number of nitrogens with two attached hydrogens (primary N) is 1. The van der Waals surface area contributed by atoms with Crippen LogP contribution in [0.4, 0.5) is 0 Å². The Morgan fingerprint density at radius 2 is 2.16 bits per heavy atom. The van der Waals surface area contributed by atoms with E-state index in [2.05, 4.69) is 19.2 Å². The fourth-order valence-corrected chi connectivity index (χ4v) is 2.66. The van der Waals surface area contributed by atoms with Gasteiger partial charge in [0.1, 0.15) is 5.54 Å². The summed E-state index contributed by atoms with van der Waals surface area (Å²) in [6.45, 7) is 7.31. The Kier molecular flexibility index (Phi) is 6.80. The van der Waals surface area contributed by atoms with Crippen molar-refractivity contribution in [3.05, 3.63) is 0 Å². The minimum Gasteiger partial charge on any atom is -0.376 e. The van der Waals surface area contributed by atoms with Gasteiger partial charge in [-0.1, -0.05) is 33.1 Å². The van der Waals surface area contributed by atoms with Crippen LogP contribution >= 0.6 is 0 Å². The summed E-state index contributed by atoms with van der Waals surface area (Å²) in [4.78, 5) is 11.6. The zero-order valence-corrected chi connectivity index (χ0v) is 12.7. The first-order valence-electron chi connectivity index (χ1n) is 7.68. The minimum atomic E-state index is -0.741. The van der Waals surface area contributed by atoms with Gasteiger partial charge in [0, 0.05) is 0 Å². The largest absolute Gasteiger partial charge is 0.376 e. The number of rotatable bonds is 8. The molecule has 1 aliphatic carbocycles. The van der Waals surface area contributed by atoms with Crippen LogP contribution < -0.4 is 11.1 Å². The van der Waals surface area contributed by atoms with Crippen molar-refractivity contribution in [1.82, 2.24) is 5.32 Å². The summed E-state index contributed by atoms with van der Waals surface area (Å²) in [5, 5.41) is 3.21. The molecular formula is C15H30N2O2. The normalized spacial score (nSPS) is 26.9. The lowest BCUT2D eigenvalue weighted by Gasteiger charge is -2.33. The summed E-state index contributed by atoms with van der Waals surface area (Å²) in [6, 6.07) is 0. The molecule has 3 unspecified atom stereocenters.